The number of rotatable bonds is 7. The molecule has 1 saturated carbocycles. The van der Waals surface area contributed by atoms with Crippen molar-refractivity contribution in [2.24, 2.45) is 12.5 Å². The van der Waals surface area contributed by atoms with Crippen LogP contribution in [-0.4, -0.2) is 41.8 Å². The Bertz CT molecular complexity index is 1090. The molecule has 4 rings (SSSR count). The summed E-state index contributed by atoms with van der Waals surface area (Å²) in [6, 6.07) is 9.87. The summed E-state index contributed by atoms with van der Waals surface area (Å²) in [5.41, 5.74) is 2.54. The van der Waals surface area contributed by atoms with Crippen molar-refractivity contribution in [2.45, 2.75) is 71.1 Å². The van der Waals surface area contributed by atoms with Crippen molar-refractivity contribution >= 4 is 5.91 Å². The highest BCUT2D eigenvalue weighted by Crippen LogP contribution is 2.44. The first kappa shape index (κ1) is 23.2. The first-order chi connectivity index (χ1) is 15.7. The molecule has 1 aromatic carbocycles. The molecule has 0 saturated heterocycles. The highest BCUT2D eigenvalue weighted by molar-refractivity contribution is 5.95. The fourth-order valence-corrected chi connectivity index (χ4v) is 4.48. The molecule has 3 aromatic rings. The summed E-state index contributed by atoms with van der Waals surface area (Å²) in [4.78, 5) is 13.0. The number of hydrogen-bond donors (Lipinski definition) is 2. The zero-order valence-electron chi connectivity index (χ0n) is 20.0. The van der Waals surface area contributed by atoms with E-state index in [2.05, 4.69) is 34.6 Å². The van der Waals surface area contributed by atoms with Crippen molar-refractivity contribution in [1.82, 2.24) is 30.1 Å². The summed E-state index contributed by atoms with van der Waals surface area (Å²) in [6.07, 6.45) is 7.36. The molecule has 2 N–H and O–H groups in total. The third kappa shape index (κ3) is 5.33. The van der Waals surface area contributed by atoms with Gasteiger partial charge in [0.2, 0.25) is 0 Å². The minimum atomic E-state index is -0.914. The predicted octanol–water partition coefficient (Wildman–Crippen LogP) is 3.21. The standard InChI is InChI=1S/C25H34N6O2/c1-18(16-31-17-22(28-29-31)25(33)12-10-24(2,3)11-13-25)27-23(32)20-15-26-30(4)21(20)14-19-8-6-5-7-9-19/h5-9,15,17-18,33H,10-14,16H2,1-4H3,(H,27,32)/t18-/m0/s1. The number of amides is 1. The first-order valence-corrected chi connectivity index (χ1v) is 11.6. The molecule has 0 unspecified atom stereocenters. The quantitative estimate of drug-likeness (QED) is 0.576. The third-order valence-electron chi connectivity index (χ3n) is 6.81. The van der Waals surface area contributed by atoms with Gasteiger partial charge in [0.25, 0.3) is 5.91 Å². The Kier molecular flexibility index (Phi) is 6.38. The lowest BCUT2D eigenvalue weighted by Crippen LogP contribution is -2.36. The van der Waals surface area contributed by atoms with Gasteiger partial charge >= 0.3 is 0 Å². The van der Waals surface area contributed by atoms with Gasteiger partial charge in [0.1, 0.15) is 11.3 Å². The Morgan fingerprint density at radius 1 is 1.18 bits per heavy atom. The maximum atomic E-state index is 13.0. The molecule has 0 spiro atoms. The van der Waals surface area contributed by atoms with Crippen LogP contribution in [0.25, 0.3) is 0 Å². The maximum Gasteiger partial charge on any atom is 0.255 e. The van der Waals surface area contributed by atoms with Crippen LogP contribution in [-0.2, 0) is 25.6 Å². The molecule has 8 nitrogen and oxygen atoms in total. The number of nitrogens with one attached hydrogen (secondary N) is 1. The third-order valence-corrected chi connectivity index (χ3v) is 6.81. The summed E-state index contributed by atoms with van der Waals surface area (Å²) in [6.45, 7) is 6.88. The molecule has 1 aliphatic rings. The number of benzene rings is 1. The molecular formula is C25H34N6O2. The fourth-order valence-electron chi connectivity index (χ4n) is 4.48. The number of aliphatic hydroxyl groups is 1. The van der Waals surface area contributed by atoms with Crippen molar-refractivity contribution in [3.05, 3.63) is 65.2 Å². The Hall–Kier alpha value is -3.00. The Balaban J connectivity index is 1.38. The van der Waals surface area contributed by atoms with Gasteiger partial charge in [-0.2, -0.15) is 5.10 Å². The fraction of sp³-hybridized carbons (Fsp3) is 0.520. The van der Waals surface area contributed by atoms with Crippen LogP contribution in [0.5, 0.6) is 0 Å². The number of aryl methyl sites for hydroxylation is 1. The van der Waals surface area contributed by atoms with Crippen molar-refractivity contribution in [2.75, 3.05) is 0 Å². The molecule has 8 heteroatoms. The molecule has 2 aromatic heterocycles. The molecule has 0 radical (unpaired) electrons. The number of nitrogens with zero attached hydrogens (tertiary/aromatic N) is 5. The van der Waals surface area contributed by atoms with E-state index >= 15 is 0 Å². The number of carbonyl (C=O) groups is 1. The van der Waals surface area contributed by atoms with E-state index in [0.717, 1.165) is 24.1 Å². The first-order valence-electron chi connectivity index (χ1n) is 11.6. The summed E-state index contributed by atoms with van der Waals surface area (Å²) in [5, 5.41) is 26.9. The van der Waals surface area contributed by atoms with E-state index in [0.29, 0.717) is 37.1 Å². The molecule has 33 heavy (non-hydrogen) atoms. The number of carbonyl (C=O) groups excluding carboxylic acids is 1. The van der Waals surface area contributed by atoms with Gasteiger partial charge in [0.05, 0.1) is 30.2 Å². The van der Waals surface area contributed by atoms with Gasteiger partial charge in [0.15, 0.2) is 0 Å². The van der Waals surface area contributed by atoms with Crippen molar-refractivity contribution < 1.29 is 9.90 Å². The van der Waals surface area contributed by atoms with Gasteiger partial charge in [-0.1, -0.05) is 49.4 Å². The second-order valence-corrected chi connectivity index (χ2v) is 10.2. The van der Waals surface area contributed by atoms with Gasteiger partial charge in [-0.15, -0.1) is 5.10 Å². The molecule has 176 valence electrons. The van der Waals surface area contributed by atoms with Gasteiger partial charge in [0, 0.05) is 19.5 Å². The molecular weight excluding hydrogens is 416 g/mol. The van der Waals surface area contributed by atoms with Gasteiger partial charge in [-0.25, -0.2) is 0 Å². The van der Waals surface area contributed by atoms with Crippen LogP contribution < -0.4 is 5.32 Å². The lowest BCUT2D eigenvalue weighted by Gasteiger charge is -2.39. The minimum Gasteiger partial charge on any atom is -0.383 e. The summed E-state index contributed by atoms with van der Waals surface area (Å²) >= 11 is 0. The van der Waals surface area contributed by atoms with Crippen LogP contribution in [0.4, 0.5) is 0 Å². The highest BCUT2D eigenvalue weighted by atomic mass is 16.3. The normalized spacial score (nSPS) is 18.1. The molecule has 1 atom stereocenters. The van der Waals surface area contributed by atoms with E-state index in [9.17, 15) is 9.90 Å². The zero-order valence-corrected chi connectivity index (χ0v) is 20.0. The van der Waals surface area contributed by atoms with Crippen LogP contribution in [0.1, 0.15) is 73.8 Å². The summed E-state index contributed by atoms with van der Waals surface area (Å²) in [7, 11) is 1.85. The number of hydrogen-bond acceptors (Lipinski definition) is 5. The largest absolute Gasteiger partial charge is 0.383 e. The van der Waals surface area contributed by atoms with E-state index in [4.69, 9.17) is 0 Å². The van der Waals surface area contributed by atoms with Gasteiger partial charge < -0.3 is 10.4 Å². The van der Waals surface area contributed by atoms with Gasteiger partial charge in [-0.3, -0.25) is 14.2 Å². The van der Waals surface area contributed by atoms with Gasteiger partial charge in [-0.05, 0) is 43.6 Å². The minimum absolute atomic E-state index is 0.157. The molecule has 1 amide bonds. The van der Waals surface area contributed by atoms with Crippen molar-refractivity contribution in [3.63, 3.8) is 0 Å². The van der Waals surface area contributed by atoms with Crippen LogP contribution in [0, 0.1) is 5.41 Å². The Morgan fingerprint density at radius 2 is 1.88 bits per heavy atom. The summed E-state index contributed by atoms with van der Waals surface area (Å²) in [5.74, 6) is -0.157. The van der Waals surface area contributed by atoms with E-state index in [1.807, 2.05) is 50.5 Å². The van der Waals surface area contributed by atoms with Crippen LogP contribution in [0.15, 0.2) is 42.7 Å². The van der Waals surface area contributed by atoms with E-state index < -0.39 is 5.60 Å². The summed E-state index contributed by atoms with van der Waals surface area (Å²) < 4.78 is 3.45. The smallest absolute Gasteiger partial charge is 0.255 e. The van der Waals surface area contributed by atoms with Crippen molar-refractivity contribution in [1.29, 1.82) is 0 Å². The second kappa shape index (κ2) is 9.09. The predicted molar refractivity (Wildman–Crippen MR) is 126 cm³/mol. The maximum absolute atomic E-state index is 13.0. The molecule has 2 heterocycles. The average Bonchev–Trinajstić information content (AvgIpc) is 3.39. The second-order valence-electron chi connectivity index (χ2n) is 10.2. The lowest BCUT2D eigenvalue weighted by atomic mass is 9.70. The van der Waals surface area contributed by atoms with E-state index in [1.165, 1.54) is 0 Å². The molecule has 1 aliphatic carbocycles. The SMILES string of the molecule is C[C@@H](Cn1cc(C2(O)CCC(C)(C)CC2)nn1)NC(=O)c1cnn(C)c1Cc1ccccc1. The average molecular weight is 451 g/mol. The van der Waals surface area contributed by atoms with E-state index in [-0.39, 0.29) is 17.4 Å². The highest BCUT2D eigenvalue weighted by Gasteiger charge is 2.40. The molecule has 0 bridgehead atoms. The lowest BCUT2D eigenvalue weighted by molar-refractivity contribution is -0.0340. The van der Waals surface area contributed by atoms with Crippen molar-refractivity contribution in [3.8, 4) is 0 Å². The Labute approximate surface area is 195 Å². The van der Waals surface area contributed by atoms with Crippen LogP contribution in [0.2, 0.25) is 0 Å². The Morgan fingerprint density at radius 3 is 2.58 bits per heavy atom. The molecule has 1 fully saturated rings. The van der Waals surface area contributed by atoms with E-state index in [1.54, 1.807) is 15.6 Å². The molecule has 0 aliphatic heterocycles. The number of aromatic nitrogens is 5. The van der Waals surface area contributed by atoms with Crippen LogP contribution in [0.3, 0.4) is 0 Å². The van der Waals surface area contributed by atoms with Crippen LogP contribution >= 0.6 is 0 Å². The monoisotopic (exact) mass is 450 g/mol. The topological polar surface area (TPSA) is 97.9 Å². The zero-order chi connectivity index (χ0) is 23.6.